The molecular weight excluding hydrogens is 242 g/mol. The molecule has 0 saturated heterocycles. The quantitative estimate of drug-likeness (QED) is 0.731. The van der Waals surface area contributed by atoms with Crippen molar-refractivity contribution >= 4 is 11.7 Å². The number of hydrogen-bond donors (Lipinski definition) is 1. The molecule has 1 aromatic rings. The second kappa shape index (κ2) is 8.48. The van der Waals surface area contributed by atoms with Gasteiger partial charge in [-0.1, -0.05) is 6.92 Å². The van der Waals surface area contributed by atoms with Crippen LogP contribution in [-0.2, 0) is 4.74 Å². The van der Waals surface area contributed by atoms with Crippen LogP contribution in [0, 0.1) is 0 Å². The SMILES string of the molecule is CCCNc1ncccc1C(=O)N(C)CCCOC. The lowest BCUT2D eigenvalue weighted by Gasteiger charge is -2.18. The zero-order valence-corrected chi connectivity index (χ0v) is 12.0. The lowest BCUT2D eigenvalue weighted by atomic mass is 10.2. The van der Waals surface area contributed by atoms with Crippen molar-refractivity contribution in [1.82, 2.24) is 9.88 Å². The second-order valence-electron chi connectivity index (χ2n) is 4.40. The summed E-state index contributed by atoms with van der Waals surface area (Å²) in [4.78, 5) is 18.3. The first-order chi connectivity index (χ1) is 9.20. The first-order valence-electron chi connectivity index (χ1n) is 6.64. The van der Waals surface area contributed by atoms with Crippen LogP contribution in [0.4, 0.5) is 5.82 Å². The highest BCUT2D eigenvalue weighted by atomic mass is 16.5. The maximum Gasteiger partial charge on any atom is 0.257 e. The highest BCUT2D eigenvalue weighted by molar-refractivity contribution is 5.98. The summed E-state index contributed by atoms with van der Waals surface area (Å²) in [5.41, 5.74) is 0.621. The molecule has 1 aromatic heterocycles. The van der Waals surface area contributed by atoms with E-state index in [9.17, 15) is 4.79 Å². The van der Waals surface area contributed by atoms with Crippen LogP contribution in [-0.4, -0.2) is 49.6 Å². The van der Waals surface area contributed by atoms with Crippen molar-refractivity contribution in [2.24, 2.45) is 0 Å². The van der Waals surface area contributed by atoms with Gasteiger partial charge < -0.3 is 15.0 Å². The fourth-order valence-corrected chi connectivity index (χ4v) is 1.72. The minimum absolute atomic E-state index is 0.0113. The summed E-state index contributed by atoms with van der Waals surface area (Å²) in [6.45, 7) is 4.22. The van der Waals surface area contributed by atoms with Crippen LogP contribution in [0.1, 0.15) is 30.1 Å². The van der Waals surface area contributed by atoms with Crippen LogP contribution >= 0.6 is 0 Å². The van der Waals surface area contributed by atoms with Crippen molar-refractivity contribution < 1.29 is 9.53 Å². The number of carbonyl (C=O) groups excluding carboxylic acids is 1. The minimum atomic E-state index is -0.0113. The average molecular weight is 265 g/mol. The lowest BCUT2D eigenvalue weighted by molar-refractivity contribution is 0.0780. The standard InChI is InChI=1S/C14H23N3O2/c1-4-8-15-13-12(7-5-9-16-13)14(18)17(2)10-6-11-19-3/h5,7,9H,4,6,8,10-11H2,1-3H3,(H,15,16). The number of anilines is 1. The zero-order valence-electron chi connectivity index (χ0n) is 12.0. The number of rotatable bonds is 8. The van der Waals surface area contributed by atoms with Crippen molar-refractivity contribution in [2.75, 3.05) is 39.2 Å². The van der Waals surface area contributed by atoms with E-state index in [2.05, 4.69) is 17.2 Å². The predicted molar refractivity (Wildman–Crippen MR) is 76.5 cm³/mol. The minimum Gasteiger partial charge on any atom is -0.385 e. The van der Waals surface area contributed by atoms with E-state index < -0.39 is 0 Å². The predicted octanol–water partition coefficient (Wildman–Crippen LogP) is 2.01. The molecule has 19 heavy (non-hydrogen) atoms. The molecule has 1 rings (SSSR count). The molecule has 5 nitrogen and oxygen atoms in total. The number of aromatic nitrogens is 1. The van der Waals surface area contributed by atoms with Crippen molar-refractivity contribution in [2.45, 2.75) is 19.8 Å². The first kappa shape index (κ1) is 15.4. The van der Waals surface area contributed by atoms with Gasteiger partial charge in [0.05, 0.1) is 5.56 Å². The summed E-state index contributed by atoms with van der Waals surface area (Å²) in [5.74, 6) is 0.649. The molecule has 1 N–H and O–H groups in total. The second-order valence-corrected chi connectivity index (χ2v) is 4.40. The molecule has 106 valence electrons. The van der Waals surface area contributed by atoms with E-state index in [-0.39, 0.29) is 5.91 Å². The summed E-state index contributed by atoms with van der Waals surface area (Å²) in [6.07, 6.45) is 3.52. The summed E-state index contributed by atoms with van der Waals surface area (Å²) in [6, 6.07) is 3.59. The van der Waals surface area contributed by atoms with Gasteiger partial charge in [-0.15, -0.1) is 0 Å². The van der Waals surface area contributed by atoms with Gasteiger partial charge in [-0.05, 0) is 25.0 Å². The fraction of sp³-hybridized carbons (Fsp3) is 0.571. The summed E-state index contributed by atoms with van der Waals surface area (Å²) >= 11 is 0. The summed E-state index contributed by atoms with van der Waals surface area (Å²) < 4.78 is 4.99. The monoisotopic (exact) mass is 265 g/mol. The molecule has 5 heteroatoms. The van der Waals surface area contributed by atoms with E-state index in [0.29, 0.717) is 24.5 Å². The topological polar surface area (TPSA) is 54.5 Å². The van der Waals surface area contributed by atoms with Crippen LogP contribution < -0.4 is 5.32 Å². The number of nitrogens with zero attached hydrogens (tertiary/aromatic N) is 2. The Bertz CT molecular complexity index is 396. The molecule has 0 aliphatic carbocycles. The van der Waals surface area contributed by atoms with Gasteiger partial charge in [0.1, 0.15) is 5.82 Å². The maximum atomic E-state index is 12.3. The van der Waals surface area contributed by atoms with Gasteiger partial charge in [0.2, 0.25) is 0 Å². The fourth-order valence-electron chi connectivity index (χ4n) is 1.72. The van der Waals surface area contributed by atoms with Crippen LogP contribution in [0.2, 0.25) is 0 Å². The van der Waals surface area contributed by atoms with Gasteiger partial charge in [-0.2, -0.15) is 0 Å². The molecule has 0 atom stereocenters. The van der Waals surface area contributed by atoms with Crippen LogP contribution in [0.15, 0.2) is 18.3 Å². The number of pyridine rings is 1. The Kier molecular flexibility index (Phi) is 6.89. The molecule has 0 fully saturated rings. The van der Waals surface area contributed by atoms with Gasteiger partial charge >= 0.3 is 0 Å². The molecule has 0 radical (unpaired) electrons. The van der Waals surface area contributed by atoms with E-state index >= 15 is 0 Å². The normalized spacial score (nSPS) is 10.3. The third kappa shape index (κ3) is 4.87. The van der Waals surface area contributed by atoms with E-state index in [4.69, 9.17) is 4.74 Å². The maximum absolute atomic E-state index is 12.3. The number of ether oxygens (including phenoxy) is 1. The smallest absolute Gasteiger partial charge is 0.257 e. The lowest BCUT2D eigenvalue weighted by Crippen LogP contribution is -2.29. The molecule has 0 aliphatic rings. The average Bonchev–Trinajstić information content (AvgIpc) is 2.44. The van der Waals surface area contributed by atoms with Crippen molar-refractivity contribution in [3.05, 3.63) is 23.9 Å². The molecule has 0 saturated carbocycles. The van der Waals surface area contributed by atoms with E-state index in [0.717, 1.165) is 19.4 Å². The van der Waals surface area contributed by atoms with Crippen molar-refractivity contribution in [3.63, 3.8) is 0 Å². The Labute approximate surface area is 115 Å². The Balaban J connectivity index is 2.69. The van der Waals surface area contributed by atoms with Crippen LogP contribution in [0.25, 0.3) is 0 Å². The number of hydrogen-bond acceptors (Lipinski definition) is 4. The first-order valence-corrected chi connectivity index (χ1v) is 6.64. The van der Waals surface area contributed by atoms with Crippen LogP contribution in [0.5, 0.6) is 0 Å². The molecule has 1 heterocycles. The molecule has 1 amide bonds. The van der Waals surface area contributed by atoms with Crippen molar-refractivity contribution in [1.29, 1.82) is 0 Å². The highest BCUT2D eigenvalue weighted by Gasteiger charge is 2.15. The van der Waals surface area contributed by atoms with Crippen LogP contribution in [0.3, 0.4) is 0 Å². The van der Waals surface area contributed by atoms with E-state index in [1.54, 1.807) is 37.4 Å². The molecule has 0 unspecified atom stereocenters. The highest BCUT2D eigenvalue weighted by Crippen LogP contribution is 2.13. The molecule has 0 bridgehead atoms. The van der Waals surface area contributed by atoms with Gasteiger partial charge in [0.15, 0.2) is 0 Å². The third-order valence-electron chi connectivity index (χ3n) is 2.77. The van der Waals surface area contributed by atoms with Crippen molar-refractivity contribution in [3.8, 4) is 0 Å². The van der Waals surface area contributed by atoms with Gasteiger partial charge in [0.25, 0.3) is 5.91 Å². The largest absolute Gasteiger partial charge is 0.385 e. The number of nitrogens with one attached hydrogen (secondary N) is 1. The van der Waals surface area contributed by atoms with E-state index in [1.165, 1.54) is 0 Å². The van der Waals surface area contributed by atoms with Gasteiger partial charge in [-0.25, -0.2) is 4.98 Å². The Morgan fingerprint density at radius 2 is 2.32 bits per heavy atom. The molecular formula is C14H23N3O2. The molecule has 0 spiro atoms. The van der Waals surface area contributed by atoms with Gasteiger partial charge in [0, 0.05) is 40.1 Å². The zero-order chi connectivity index (χ0) is 14.1. The number of amides is 1. The Morgan fingerprint density at radius 1 is 1.53 bits per heavy atom. The summed E-state index contributed by atoms with van der Waals surface area (Å²) in [7, 11) is 3.46. The van der Waals surface area contributed by atoms with E-state index in [1.807, 2.05) is 0 Å². The number of carbonyl (C=O) groups is 1. The third-order valence-corrected chi connectivity index (χ3v) is 2.77. The molecule has 0 aliphatic heterocycles. The Morgan fingerprint density at radius 3 is 3.00 bits per heavy atom. The Hall–Kier alpha value is -1.62. The summed E-state index contributed by atoms with van der Waals surface area (Å²) in [5, 5.41) is 3.18. The van der Waals surface area contributed by atoms with Gasteiger partial charge in [-0.3, -0.25) is 4.79 Å². The molecule has 0 aromatic carbocycles. The number of methoxy groups -OCH3 is 1.